The molecule has 0 fully saturated rings. The summed E-state index contributed by atoms with van der Waals surface area (Å²) in [4.78, 5) is 26.3. The first kappa shape index (κ1) is 17.9. The molecule has 1 aromatic carbocycles. The van der Waals surface area contributed by atoms with Crippen LogP contribution >= 0.6 is 11.3 Å². The van der Waals surface area contributed by atoms with Crippen LogP contribution < -0.4 is 11.1 Å². The van der Waals surface area contributed by atoms with E-state index < -0.39 is 5.91 Å². The number of nitrogens with two attached hydrogens (primary N) is 1. The molecule has 1 atom stereocenters. The van der Waals surface area contributed by atoms with E-state index in [9.17, 15) is 9.59 Å². The fourth-order valence-electron chi connectivity index (χ4n) is 2.21. The monoisotopic (exact) mass is 343 g/mol. The first-order chi connectivity index (χ1) is 11.5. The second-order valence-corrected chi connectivity index (χ2v) is 6.54. The lowest BCUT2D eigenvalue weighted by Crippen LogP contribution is -2.33. The Kier molecular flexibility index (Phi) is 6.28. The van der Waals surface area contributed by atoms with Crippen molar-refractivity contribution in [3.8, 4) is 0 Å². The van der Waals surface area contributed by atoms with Crippen LogP contribution in [0.25, 0.3) is 6.08 Å². The molecule has 2 aromatic rings. The van der Waals surface area contributed by atoms with E-state index in [0.29, 0.717) is 12.1 Å². The summed E-state index contributed by atoms with van der Waals surface area (Å²) in [5.41, 5.74) is 6.47. The van der Waals surface area contributed by atoms with E-state index >= 15 is 0 Å². The van der Waals surface area contributed by atoms with Gasteiger partial charge in [0.05, 0.1) is 6.04 Å². The van der Waals surface area contributed by atoms with Gasteiger partial charge in [0, 0.05) is 23.1 Å². The summed E-state index contributed by atoms with van der Waals surface area (Å²) < 4.78 is 0. The van der Waals surface area contributed by atoms with Gasteiger partial charge >= 0.3 is 0 Å². The van der Waals surface area contributed by atoms with Gasteiger partial charge in [0.2, 0.25) is 11.8 Å². The van der Waals surface area contributed by atoms with Crippen LogP contribution in [0.4, 0.5) is 0 Å². The van der Waals surface area contributed by atoms with Gasteiger partial charge in [-0.15, -0.1) is 11.3 Å². The summed E-state index contributed by atoms with van der Waals surface area (Å²) in [6.07, 6.45) is 3.19. The summed E-state index contributed by atoms with van der Waals surface area (Å²) in [6, 6.07) is 11.0. The lowest BCUT2D eigenvalue weighted by Gasteiger charge is -2.23. The lowest BCUT2D eigenvalue weighted by molar-refractivity contribution is -0.116. The molecule has 0 radical (unpaired) electrons. The number of thiophene rings is 1. The van der Waals surface area contributed by atoms with Crippen molar-refractivity contribution >= 4 is 29.2 Å². The predicted molar refractivity (Wildman–Crippen MR) is 97.8 cm³/mol. The van der Waals surface area contributed by atoms with E-state index in [2.05, 4.69) is 16.3 Å². The van der Waals surface area contributed by atoms with Crippen molar-refractivity contribution in [2.75, 3.05) is 20.6 Å². The Hall–Kier alpha value is -2.44. The number of carbonyl (C=O) groups excluding carboxylic acids is 2. The van der Waals surface area contributed by atoms with Gasteiger partial charge < -0.3 is 16.0 Å². The molecule has 2 rings (SSSR count). The summed E-state index contributed by atoms with van der Waals surface area (Å²) in [6.45, 7) is 0.539. The Labute approximate surface area is 145 Å². The maximum Gasteiger partial charge on any atom is 0.248 e. The Morgan fingerprint density at radius 3 is 2.50 bits per heavy atom. The zero-order valence-corrected chi connectivity index (χ0v) is 14.5. The topological polar surface area (TPSA) is 75.4 Å². The average Bonchev–Trinajstić information content (AvgIpc) is 3.07. The quantitative estimate of drug-likeness (QED) is 0.757. The zero-order valence-electron chi connectivity index (χ0n) is 13.7. The number of benzene rings is 1. The number of likely N-dealkylation sites (N-methyl/N-ethyl adjacent to an activating group) is 1. The van der Waals surface area contributed by atoms with Crippen molar-refractivity contribution in [1.29, 1.82) is 0 Å². The third kappa shape index (κ3) is 5.04. The molecule has 0 saturated carbocycles. The highest BCUT2D eigenvalue weighted by Gasteiger charge is 2.15. The first-order valence-electron chi connectivity index (χ1n) is 7.53. The van der Waals surface area contributed by atoms with Gasteiger partial charge in [-0.2, -0.15) is 0 Å². The molecule has 2 amide bonds. The minimum Gasteiger partial charge on any atom is -0.366 e. The standard InChI is InChI=1S/C18H21N3O2S/c1-21(2)15(16-4-3-11-24-16)12-20-17(22)10-7-13-5-8-14(9-6-13)18(19)23/h3-11,15H,12H2,1-2H3,(H2,19,23)(H,20,22)/b10-7-/t15-/m0/s1. The molecule has 1 heterocycles. The van der Waals surface area contributed by atoms with Gasteiger partial charge in [-0.1, -0.05) is 18.2 Å². The molecule has 3 N–H and O–H groups in total. The van der Waals surface area contributed by atoms with Crippen molar-refractivity contribution in [2.45, 2.75) is 6.04 Å². The maximum atomic E-state index is 12.0. The minimum absolute atomic E-state index is 0.150. The molecule has 1 aromatic heterocycles. The zero-order chi connectivity index (χ0) is 17.5. The normalized spacial score (nSPS) is 12.5. The number of carbonyl (C=O) groups is 2. The number of hydrogen-bond acceptors (Lipinski definition) is 4. The highest BCUT2D eigenvalue weighted by atomic mass is 32.1. The molecule has 0 aliphatic heterocycles. The molecule has 0 bridgehead atoms. The van der Waals surface area contributed by atoms with Crippen LogP contribution in [0.2, 0.25) is 0 Å². The van der Waals surface area contributed by atoms with E-state index in [1.807, 2.05) is 25.5 Å². The number of rotatable bonds is 7. The van der Waals surface area contributed by atoms with E-state index in [0.717, 1.165) is 5.56 Å². The molecule has 0 aliphatic carbocycles. The highest BCUT2D eigenvalue weighted by molar-refractivity contribution is 7.10. The lowest BCUT2D eigenvalue weighted by atomic mass is 10.1. The molecule has 24 heavy (non-hydrogen) atoms. The Balaban J connectivity index is 1.91. The Morgan fingerprint density at radius 2 is 1.96 bits per heavy atom. The second-order valence-electron chi connectivity index (χ2n) is 5.56. The van der Waals surface area contributed by atoms with Gasteiger partial charge in [-0.05, 0) is 49.3 Å². The molecule has 5 nitrogen and oxygen atoms in total. The SMILES string of the molecule is CN(C)[C@@H](CNC(=O)/C=C\c1ccc(C(N)=O)cc1)c1cccs1. The predicted octanol–water partition coefficient (Wildman–Crippen LogP) is 2.28. The molecule has 0 aliphatic rings. The van der Waals surface area contributed by atoms with Crippen LogP contribution in [0.3, 0.4) is 0 Å². The van der Waals surface area contributed by atoms with Crippen LogP contribution in [0.15, 0.2) is 47.9 Å². The largest absolute Gasteiger partial charge is 0.366 e. The summed E-state index contributed by atoms with van der Waals surface area (Å²) in [7, 11) is 3.99. The number of nitrogens with zero attached hydrogens (tertiary/aromatic N) is 1. The summed E-state index contributed by atoms with van der Waals surface area (Å²) in [5, 5.41) is 4.95. The number of hydrogen-bond donors (Lipinski definition) is 2. The van der Waals surface area contributed by atoms with Crippen molar-refractivity contribution in [3.63, 3.8) is 0 Å². The smallest absolute Gasteiger partial charge is 0.248 e. The second kappa shape index (κ2) is 8.42. The van der Waals surface area contributed by atoms with Gasteiger partial charge in [-0.3, -0.25) is 9.59 Å². The van der Waals surface area contributed by atoms with Crippen LogP contribution in [-0.4, -0.2) is 37.4 Å². The molecule has 0 spiro atoms. The van der Waals surface area contributed by atoms with E-state index in [-0.39, 0.29) is 11.9 Å². The van der Waals surface area contributed by atoms with E-state index in [4.69, 9.17) is 5.73 Å². The van der Waals surface area contributed by atoms with Crippen LogP contribution in [-0.2, 0) is 4.79 Å². The summed E-state index contributed by atoms with van der Waals surface area (Å²) in [5.74, 6) is -0.621. The number of nitrogens with one attached hydrogen (secondary N) is 1. The number of amides is 2. The molecular formula is C18H21N3O2S. The maximum absolute atomic E-state index is 12.0. The molecular weight excluding hydrogens is 322 g/mol. The molecule has 6 heteroatoms. The first-order valence-corrected chi connectivity index (χ1v) is 8.41. The van der Waals surface area contributed by atoms with E-state index in [1.165, 1.54) is 11.0 Å². The average molecular weight is 343 g/mol. The van der Waals surface area contributed by atoms with Crippen molar-refractivity contribution in [2.24, 2.45) is 5.73 Å². The van der Waals surface area contributed by atoms with Gasteiger partial charge in [-0.25, -0.2) is 0 Å². The van der Waals surface area contributed by atoms with Crippen LogP contribution in [0.5, 0.6) is 0 Å². The molecule has 0 unspecified atom stereocenters. The third-order valence-electron chi connectivity index (χ3n) is 3.59. The molecule has 126 valence electrons. The third-order valence-corrected chi connectivity index (χ3v) is 4.56. The van der Waals surface area contributed by atoms with Crippen molar-refractivity contribution < 1.29 is 9.59 Å². The van der Waals surface area contributed by atoms with Crippen LogP contribution in [0, 0.1) is 0 Å². The van der Waals surface area contributed by atoms with Crippen LogP contribution in [0.1, 0.15) is 26.8 Å². The van der Waals surface area contributed by atoms with Crippen molar-refractivity contribution in [1.82, 2.24) is 10.2 Å². The van der Waals surface area contributed by atoms with E-state index in [1.54, 1.807) is 41.7 Å². The van der Waals surface area contributed by atoms with Gasteiger partial charge in [0.25, 0.3) is 0 Å². The highest BCUT2D eigenvalue weighted by Crippen LogP contribution is 2.22. The van der Waals surface area contributed by atoms with Crippen molar-refractivity contribution in [3.05, 3.63) is 63.9 Å². The Bertz CT molecular complexity index is 706. The fourth-order valence-corrected chi connectivity index (χ4v) is 3.13. The van der Waals surface area contributed by atoms with Gasteiger partial charge in [0.15, 0.2) is 0 Å². The van der Waals surface area contributed by atoms with Gasteiger partial charge in [0.1, 0.15) is 0 Å². The number of primary amides is 1. The minimum atomic E-state index is -0.466. The molecule has 0 saturated heterocycles. The fraction of sp³-hybridized carbons (Fsp3) is 0.222. The summed E-state index contributed by atoms with van der Waals surface area (Å²) >= 11 is 1.68. The Morgan fingerprint density at radius 1 is 1.25 bits per heavy atom.